The minimum absolute atomic E-state index is 0.0483. The van der Waals surface area contributed by atoms with Gasteiger partial charge in [0, 0.05) is 10.0 Å². The van der Waals surface area contributed by atoms with E-state index in [1.54, 1.807) is 0 Å². The zero-order chi connectivity index (χ0) is 14.1. The standard InChI is InChI=1S/C15H18BrNO3/c16-9-5-6-14-10(7-9)11(8-20-14)15(19)17-12-3-1-2-4-13(12)18/h5-7,11-13,18H,1-4,8H2,(H,17,19). The second-order valence-electron chi connectivity index (χ2n) is 5.51. The lowest BCUT2D eigenvalue weighted by Gasteiger charge is -2.29. The smallest absolute Gasteiger partial charge is 0.231 e. The number of amides is 1. The van der Waals surface area contributed by atoms with Gasteiger partial charge in [0.25, 0.3) is 0 Å². The Bertz CT molecular complexity index is 520. The number of rotatable bonds is 2. The SMILES string of the molecule is O=C(NC1CCCCC1O)C1COc2ccc(Br)cc21. The lowest BCUT2D eigenvalue weighted by molar-refractivity contribution is -0.124. The van der Waals surface area contributed by atoms with Crippen LogP contribution in [0.4, 0.5) is 0 Å². The third kappa shape index (κ3) is 2.69. The Morgan fingerprint density at radius 3 is 2.95 bits per heavy atom. The van der Waals surface area contributed by atoms with Crippen molar-refractivity contribution >= 4 is 21.8 Å². The number of fused-ring (bicyclic) bond motifs is 1. The van der Waals surface area contributed by atoms with Crippen molar-refractivity contribution in [3.05, 3.63) is 28.2 Å². The van der Waals surface area contributed by atoms with Gasteiger partial charge in [-0.05, 0) is 31.0 Å². The maximum atomic E-state index is 12.4. The van der Waals surface area contributed by atoms with Crippen molar-refractivity contribution in [2.75, 3.05) is 6.61 Å². The molecule has 0 saturated heterocycles. The molecule has 3 unspecified atom stereocenters. The minimum atomic E-state index is -0.419. The van der Waals surface area contributed by atoms with Crippen LogP contribution in [0.15, 0.2) is 22.7 Å². The largest absolute Gasteiger partial charge is 0.492 e. The molecule has 1 aromatic rings. The lowest BCUT2D eigenvalue weighted by Crippen LogP contribution is -2.46. The molecule has 108 valence electrons. The number of aliphatic hydroxyl groups excluding tert-OH is 1. The highest BCUT2D eigenvalue weighted by molar-refractivity contribution is 9.10. The van der Waals surface area contributed by atoms with Gasteiger partial charge < -0.3 is 15.2 Å². The zero-order valence-corrected chi connectivity index (χ0v) is 12.7. The fourth-order valence-electron chi connectivity index (χ4n) is 2.97. The molecule has 1 saturated carbocycles. The quantitative estimate of drug-likeness (QED) is 0.869. The highest BCUT2D eigenvalue weighted by Gasteiger charge is 2.33. The van der Waals surface area contributed by atoms with E-state index in [0.29, 0.717) is 6.61 Å². The number of ether oxygens (including phenoxy) is 1. The van der Waals surface area contributed by atoms with Crippen molar-refractivity contribution in [1.29, 1.82) is 0 Å². The summed E-state index contributed by atoms with van der Waals surface area (Å²) in [5.41, 5.74) is 0.919. The first-order chi connectivity index (χ1) is 9.65. The summed E-state index contributed by atoms with van der Waals surface area (Å²) in [7, 11) is 0. The Morgan fingerprint density at radius 1 is 1.35 bits per heavy atom. The van der Waals surface area contributed by atoms with Gasteiger partial charge in [-0.15, -0.1) is 0 Å². The third-order valence-electron chi connectivity index (χ3n) is 4.13. The second kappa shape index (κ2) is 5.74. The summed E-state index contributed by atoms with van der Waals surface area (Å²) in [5, 5.41) is 12.9. The number of carbonyl (C=O) groups excluding carboxylic acids is 1. The highest BCUT2D eigenvalue weighted by Crippen LogP contribution is 2.36. The molecule has 0 bridgehead atoms. The first kappa shape index (κ1) is 13.9. The van der Waals surface area contributed by atoms with Crippen LogP contribution in [0.5, 0.6) is 5.75 Å². The highest BCUT2D eigenvalue weighted by atomic mass is 79.9. The number of nitrogens with one attached hydrogen (secondary N) is 1. The molecule has 3 rings (SSSR count). The molecular formula is C15H18BrNO3. The van der Waals surface area contributed by atoms with Crippen molar-refractivity contribution in [3.63, 3.8) is 0 Å². The molecule has 20 heavy (non-hydrogen) atoms. The first-order valence-electron chi connectivity index (χ1n) is 7.06. The molecule has 4 nitrogen and oxygen atoms in total. The summed E-state index contributed by atoms with van der Waals surface area (Å²) >= 11 is 3.42. The summed E-state index contributed by atoms with van der Waals surface area (Å²) < 4.78 is 6.50. The molecule has 1 heterocycles. The summed E-state index contributed by atoms with van der Waals surface area (Å²) in [6.45, 7) is 0.375. The molecule has 2 aliphatic rings. The van der Waals surface area contributed by atoms with Gasteiger partial charge in [0.05, 0.1) is 12.1 Å². The number of carbonyl (C=O) groups is 1. The van der Waals surface area contributed by atoms with Gasteiger partial charge in [0.2, 0.25) is 5.91 Å². The average molecular weight is 340 g/mol. The van der Waals surface area contributed by atoms with E-state index in [1.165, 1.54) is 0 Å². The number of hydrogen-bond donors (Lipinski definition) is 2. The van der Waals surface area contributed by atoms with E-state index in [2.05, 4.69) is 21.2 Å². The van der Waals surface area contributed by atoms with Crippen molar-refractivity contribution in [2.45, 2.75) is 43.7 Å². The van der Waals surface area contributed by atoms with Crippen LogP contribution in [-0.4, -0.2) is 29.8 Å². The molecule has 3 atom stereocenters. The van der Waals surface area contributed by atoms with Gasteiger partial charge in [-0.1, -0.05) is 28.8 Å². The molecular weight excluding hydrogens is 322 g/mol. The van der Waals surface area contributed by atoms with E-state index in [9.17, 15) is 9.90 Å². The first-order valence-corrected chi connectivity index (χ1v) is 7.85. The number of hydrogen-bond acceptors (Lipinski definition) is 3. The monoisotopic (exact) mass is 339 g/mol. The fourth-order valence-corrected chi connectivity index (χ4v) is 3.34. The lowest BCUT2D eigenvalue weighted by atomic mass is 9.91. The van der Waals surface area contributed by atoms with E-state index in [-0.39, 0.29) is 17.9 Å². The van der Waals surface area contributed by atoms with Crippen LogP contribution in [0.1, 0.15) is 37.2 Å². The van der Waals surface area contributed by atoms with Crippen molar-refractivity contribution < 1.29 is 14.6 Å². The topological polar surface area (TPSA) is 58.6 Å². The molecule has 5 heteroatoms. The van der Waals surface area contributed by atoms with Crippen LogP contribution in [0, 0.1) is 0 Å². The van der Waals surface area contributed by atoms with E-state index in [4.69, 9.17) is 4.74 Å². The molecule has 0 aromatic heterocycles. The van der Waals surface area contributed by atoms with E-state index in [0.717, 1.165) is 41.5 Å². The van der Waals surface area contributed by atoms with Gasteiger partial charge in [-0.2, -0.15) is 0 Å². The van der Waals surface area contributed by atoms with E-state index >= 15 is 0 Å². The Hall–Kier alpha value is -1.07. The number of aliphatic hydroxyl groups is 1. The van der Waals surface area contributed by atoms with Crippen molar-refractivity contribution in [1.82, 2.24) is 5.32 Å². The van der Waals surface area contributed by atoms with E-state index in [1.807, 2.05) is 18.2 Å². The summed E-state index contributed by atoms with van der Waals surface area (Å²) in [6.07, 6.45) is 3.30. The third-order valence-corrected chi connectivity index (χ3v) is 4.62. The molecule has 1 amide bonds. The predicted molar refractivity (Wildman–Crippen MR) is 78.8 cm³/mol. The van der Waals surface area contributed by atoms with Crippen LogP contribution in [-0.2, 0) is 4.79 Å². The fraction of sp³-hybridized carbons (Fsp3) is 0.533. The van der Waals surface area contributed by atoms with Crippen molar-refractivity contribution in [2.24, 2.45) is 0 Å². The zero-order valence-electron chi connectivity index (χ0n) is 11.1. The molecule has 2 N–H and O–H groups in total. The van der Waals surface area contributed by atoms with Crippen LogP contribution in [0.25, 0.3) is 0 Å². The maximum absolute atomic E-state index is 12.4. The molecule has 0 spiro atoms. The predicted octanol–water partition coefficient (Wildman–Crippen LogP) is 2.34. The minimum Gasteiger partial charge on any atom is -0.492 e. The maximum Gasteiger partial charge on any atom is 0.231 e. The summed E-state index contributed by atoms with van der Waals surface area (Å²) in [6, 6.07) is 5.60. The van der Waals surface area contributed by atoms with Gasteiger partial charge in [0.1, 0.15) is 18.3 Å². The second-order valence-corrected chi connectivity index (χ2v) is 6.43. The van der Waals surface area contributed by atoms with Gasteiger partial charge >= 0.3 is 0 Å². The van der Waals surface area contributed by atoms with E-state index < -0.39 is 6.10 Å². The normalized spacial score (nSPS) is 28.6. The van der Waals surface area contributed by atoms with Gasteiger partial charge in [0.15, 0.2) is 0 Å². The Balaban J connectivity index is 1.71. The van der Waals surface area contributed by atoms with Crippen molar-refractivity contribution in [3.8, 4) is 5.75 Å². The Morgan fingerprint density at radius 2 is 2.15 bits per heavy atom. The molecule has 1 aromatic carbocycles. The van der Waals surface area contributed by atoms with Crippen LogP contribution in [0.2, 0.25) is 0 Å². The molecule has 1 aliphatic heterocycles. The Labute approximate surface area is 126 Å². The van der Waals surface area contributed by atoms with Crippen LogP contribution < -0.4 is 10.1 Å². The van der Waals surface area contributed by atoms with Crippen LogP contribution in [0.3, 0.4) is 0 Å². The average Bonchev–Trinajstić information content (AvgIpc) is 2.84. The number of halogens is 1. The molecule has 0 radical (unpaired) electrons. The molecule has 1 aliphatic carbocycles. The van der Waals surface area contributed by atoms with Crippen LogP contribution >= 0.6 is 15.9 Å². The molecule has 1 fully saturated rings. The van der Waals surface area contributed by atoms with Gasteiger partial charge in [-0.25, -0.2) is 0 Å². The van der Waals surface area contributed by atoms with Gasteiger partial charge in [-0.3, -0.25) is 4.79 Å². The Kier molecular flexibility index (Phi) is 3.98. The summed E-state index contributed by atoms with van der Waals surface area (Å²) in [5.74, 6) is 0.446. The number of benzene rings is 1. The summed E-state index contributed by atoms with van der Waals surface area (Å²) in [4.78, 5) is 12.4.